The standard InChI is InChI=1S/C15H16Cl2N4O/c1-9-11(10(2)20-19-9)6-7-15(22)21-18-8-12-13(16)4-3-5-14(12)17/h3-5,8H,6-7H2,1-2H3,(H,19,20)(H,21,22). The lowest BCUT2D eigenvalue weighted by atomic mass is 10.1. The SMILES string of the molecule is Cc1n[nH]c(C)c1CCC(=O)NN=Cc1c(Cl)cccc1Cl. The fraction of sp³-hybridized carbons (Fsp3) is 0.267. The highest BCUT2D eigenvalue weighted by Gasteiger charge is 2.09. The van der Waals surface area contributed by atoms with Gasteiger partial charge >= 0.3 is 0 Å². The van der Waals surface area contributed by atoms with Gasteiger partial charge in [0.2, 0.25) is 5.91 Å². The van der Waals surface area contributed by atoms with E-state index in [0.29, 0.717) is 28.5 Å². The summed E-state index contributed by atoms with van der Waals surface area (Å²) in [5.41, 5.74) is 6.01. The third-order valence-electron chi connectivity index (χ3n) is 3.27. The van der Waals surface area contributed by atoms with Gasteiger partial charge in [0.05, 0.1) is 22.0 Å². The first-order valence-electron chi connectivity index (χ1n) is 6.75. The van der Waals surface area contributed by atoms with Gasteiger partial charge in [0.25, 0.3) is 0 Å². The number of halogens is 2. The van der Waals surface area contributed by atoms with Crippen LogP contribution < -0.4 is 5.43 Å². The number of hydrazone groups is 1. The first-order valence-corrected chi connectivity index (χ1v) is 7.51. The predicted octanol–water partition coefficient (Wildman–Crippen LogP) is 3.42. The first kappa shape index (κ1) is 16.5. The Hall–Kier alpha value is -1.85. The number of carbonyl (C=O) groups is 1. The molecule has 22 heavy (non-hydrogen) atoms. The van der Waals surface area contributed by atoms with E-state index in [1.54, 1.807) is 18.2 Å². The van der Waals surface area contributed by atoms with Crippen molar-refractivity contribution in [1.29, 1.82) is 0 Å². The molecule has 1 amide bonds. The van der Waals surface area contributed by atoms with E-state index < -0.39 is 0 Å². The minimum atomic E-state index is -0.181. The maximum atomic E-state index is 11.8. The number of carbonyl (C=O) groups excluding carboxylic acids is 1. The molecule has 5 nitrogen and oxygen atoms in total. The molecule has 0 aliphatic rings. The van der Waals surface area contributed by atoms with Crippen LogP contribution in [0, 0.1) is 13.8 Å². The summed E-state index contributed by atoms with van der Waals surface area (Å²) in [6.45, 7) is 3.85. The molecule has 0 saturated carbocycles. The van der Waals surface area contributed by atoms with Crippen LogP contribution in [0.4, 0.5) is 0 Å². The Morgan fingerprint density at radius 1 is 1.36 bits per heavy atom. The lowest BCUT2D eigenvalue weighted by Crippen LogP contribution is -2.18. The highest BCUT2D eigenvalue weighted by molar-refractivity contribution is 6.38. The molecule has 7 heteroatoms. The molecule has 2 rings (SSSR count). The fourth-order valence-electron chi connectivity index (χ4n) is 2.04. The number of aryl methyl sites for hydroxylation is 2. The van der Waals surface area contributed by atoms with Crippen LogP contribution in [0.5, 0.6) is 0 Å². The second kappa shape index (κ2) is 7.42. The van der Waals surface area contributed by atoms with E-state index in [1.807, 2.05) is 13.8 Å². The minimum Gasteiger partial charge on any atom is -0.282 e. The van der Waals surface area contributed by atoms with Crippen LogP contribution in [-0.4, -0.2) is 22.3 Å². The van der Waals surface area contributed by atoms with Crippen molar-refractivity contribution in [2.45, 2.75) is 26.7 Å². The first-order chi connectivity index (χ1) is 10.5. The molecule has 116 valence electrons. The zero-order valence-corrected chi connectivity index (χ0v) is 13.8. The summed E-state index contributed by atoms with van der Waals surface area (Å²) in [7, 11) is 0. The van der Waals surface area contributed by atoms with Gasteiger partial charge in [0.1, 0.15) is 0 Å². The molecule has 1 aromatic heterocycles. The summed E-state index contributed by atoms with van der Waals surface area (Å²) in [6.07, 6.45) is 2.38. The van der Waals surface area contributed by atoms with Crippen molar-refractivity contribution in [2.24, 2.45) is 5.10 Å². The number of rotatable bonds is 5. The third kappa shape index (κ3) is 4.08. The average Bonchev–Trinajstić information content (AvgIpc) is 2.79. The van der Waals surface area contributed by atoms with Crippen molar-refractivity contribution in [1.82, 2.24) is 15.6 Å². The van der Waals surface area contributed by atoms with Crippen molar-refractivity contribution in [3.05, 3.63) is 50.8 Å². The molecule has 0 fully saturated rings. The van der Waals surface area contributed by atoms with Crippen LogP contribution in [0.1, 0.15) is 28.9 Å². The Balaban J connectivity index is 1.89. The number of hydrogen-bond acceptors (Lipinski definition) is 3. The van der Waals surface area contributed by atoms with Crippen molar-refractivity contribution < 1.29 is 4.79 Å². The maximum Gasteiger partial charge on any atom is 0.240 e. The number of nitrogens with one attached hydrogen (secondary N) is 2. The van der Waals surface area contributed by atoms with Gasteiger partial charge in [0.15, 0.2) is 0 Å². The van der Waals surface area contributed by atoms with Crippen molar-refractivity contribution in [2.75, 3.05) is 0 Å². The number of aromatic amines is 1. The van der Waals surface area contributed by atoms with Crippen LogP contribution in [0.2, 0.25) is 10.0 Å². The van der Waals surface area contributed by atoms with Crippen LogP contribution in [-0.2, 0) is 11.2 Å². The van der Waals surface area contributed by atoms with E-state index in [-0.39, 0.29) is 5.91 Å². The lowest BCUT2D eigenvalue weighted by molar-refractivity contribution is -0.121. The Kier molecular flexibility index (Phi) is 5.57. The largest absolute Gasteiger partial charge is 0.282 e. The molecular formula is C15H16Cl2N4O. The third-order valence-corrected chi connectivity index (χ3v) is 3.92. The molecule has 0 aliphatic carbocycles. The number of nitrogens with zero attached hydrogens (tertiary/aromatic N) is 2. The quantitative estimate of drug-likeness (QED) is 0.647. The zero-order valence-electron chi connectivity index (χ0n) is 12.3. The summed E-state index contributed by atoms with van der Waals surface area (Å²) in [4.78, 5) is 11.8. The smallest absolute Gasteiger partial charge is 0.240 e. The molecule has 0 atom stereocenters. The van der Waals surface area contributed by atoms with E-state index in [9.17, 15) is 4.79 Å². The van der Waals surface area contributed by atoms with E-state index in [1.165, 1.54) is 6.21 Å². The molecule has 2 aromatic rings. The second-order valence-corrected chi connectivity index (χ2v) is 5.66. The molecule has 0 spiro atoms. The van der Waals surface area contributed by atoms with Gasteiger partial charge in [-0.1, -0.05) is 29.3 Å². The predicted molar refractivity (Wildman–Crippen MR) is 88.6 cm³/mol. The molecule has 1 heterocycles. The zero-order chi connectivity index (χ0) is 16.1. The molecule has 0 bridgehead atoms. The van der Waals surface area contributed by atoms with Gasteiger partial charge < -0.3 is 0 Å². The molecule has 0 radical (unpaired) electrons. The normalized spacial score (nSPS) is 11.1. The van der Waals surface area contributed by atoms with E-state index >= 15 is 0 Å². The van der Waals surface area contributed by atoms with Crippen LogP contribution >= 0.6 is 23.2 Å². The van der Waals surface area contributed by atoms with Gasteiger partial charge in [-0.05, 0) is 38.0 Å². The van der Waals surface area contributed by atoms with E-state index in [0.717, 1.165) is 17.0 Å². The average molecular weight is 339 g/mol. The number of benzene rings is 1. The number of amides is 1. The van der Waals surface area contributed by atoms with Gasteiger partial charge in [-0.15, -0.1) is 0 Å². The summed E-state index contributed by atoms with van der Waals surface area (Å²) in [6, 6.07) is 5.16. The van der Waals surface area contributed by atoms with Crippen molar-refractivity contribution >= 4 is 35.3 Å². The number of hydrogen-bond donors (Lipinski definition) is 2. The molecular weight excluding hydrogens is 323 g/mol. The molecule has 2 N–H and O–H groups in total. The summed E-state index contributed by atoms with van der Waals surface area (Å²) >= 11 is 12.0. The van der Waals surface area contributed by atoms with Gasteiger partial charge in [-0.25, -0.2) is 5.43 Å². The molecule has 0 unspecified atom stereocenters. The lowest BCUT2D eigenvalue weighted by Gasteiger charge is -2.02. The van der Waals surface area contributed by atoms with Crippen LogP contribution in [0.25, 0.3) is 0 Å². The molecule has 0 aliphatic heterocycles. The maximum absolute atomic E-state index is 11.8. The fourth-order valence-corrected chi connectivity index (χ4v) is 2.53. The van der Waals surface area contributed by atoms with Gasteiger partial charge in [-0.3, -0.25) is 9.89 Å². The Morgan fingerprint density at radius 3 is 2.64 bits per heavy atom. The minimum absolute atomic E-state index is 0.181. The number of aromatic nitrogens is 2. The highest BCUT2D eigenvalue weighted by Crippen LogP contribution is 2.22. The van der Waals surface area contributed by atoms with Crippen LogP contribution in [0.15, 0.2) is 23.3 Å². The monoisotopic (exact) mass is 338 g/mol. The second-order valence-electron chi connectivity index (χ2n) is 4.84. The molecule has 1 aromatic carbocycles. The Labute approximate surface area is 138 Å². The molecule has 0 saturated heterocycles. The Morgan fingerprint density at radius 2 is 2.05 bits per heavy atom. The summed E-state index contributed by atoms with van der Waals surface area (Å²) < 4.78 is 0. The Bertz CT molecular complexity index is 670. The van der Waals surface area contributed by atoms with Gasteiger partial charge in [0, 0.05) is 17.7 Å². The van der Waals surface area contributed by atoms with E-state index in [4.69, 9.17) is 23.2 Å². The summed E-state index contributed by atoms with van der Waals surface area (Å²) in [5.74, 6) is -0.181. The van der Waals surface area contributed by atoms with E-state index in [2.05, 4.69) is 20.7 Å². The van der Waals surface area contributed by atoms with Gasteiger partial charge in [-0.2, -0.15) is 10.2 Å². The van der Waals surface area contributed by atoms with Crippen molar-refractivity contribution in [3.63, 3.8) is 0 Å². The topological polar surface area (TPSA) is 70.1 Å². The number of H-pyrrole nitrogens is 1. The highest BCUT2D eigenvalue weighted by atomic mass is 35.5. The van der Waals surface area contributed by atoms with Crippen LogP contribution in [0.3, 0.4) is 0 Å². The summed E-state index contributed by atoms with van der Waals surface area (Å²) in [5, 5.41) is 11.9. The van der Waals surface area contributed by atoms with Crippen molar-refractivity contribution in [3.8, 4) is 0 Å².